The third-order valence-corrected chi connectivity index (χ3v) is 4.64. The highest BCUT2D eigenvalue weighted by molar-refractivity contribution is 5.82. The number of carbonyl (C=O) groups excluding carboxylic acids is 1. The molecule has 0 aromatic heterocycles. The van der Waals surface area contributed by atoms with Gasteiger partial charge in [-0.25, -0.2) is 0 Å². The molecule has 0 aromatic carbocycles. The molecule has 4 heteroatoms. The average molecular weight is 267 g/mol. The zero-order chi connectivity index (χ0) is 13.8. The summed E-state index contributed by atoms with van der Waals surface area (Å²) in [5.74, 6) is 1.15. The van der Waals surface area contributed by atoms with Crippen molar-refractivity contribution >= 4 is 5.91 Å². The number of nitrogens with two attached hydrogens (primary N) is 1. The van der Waals surface area contributed by atoms with E-state index in [-0.39, 0.29) is 17.9 Å². The van der Waals surface area contributed by atoms with E-state index in [9.17, 15) is 4.79 Å². The van der Waals surface area contributed by atoms with Crippen molar-refractivity contribution in [2.45, 2.75) is 45.6 Å². The van der Waals surface area contributed by atoms with E-state index in [4.69, 9.17) is 5.73 Å². The van der Waals surface area contributed by atoms with Gasteiger partial charge in [-0.05, 0) is 50.6 Å². The van der Waals surface area contributed by atoms with Crippen LogP contribution in [0.3, 0.4) is 0 Å². The number of piperidine rings is 1. The Bertz CT molecular complexity index is 292. The summed E-state index contributed by atoms with van der Waals surface area (Å²) in [6.07, 6.45) is 5.02. The van der Waals surface area contributed by atoms with Gasteiger partial charge >= 0.3 is 0 Å². The Morgan fingerprint density at radius 1 is 1.16 bits per heavy atom. The summed E-state index contributed by atoms with van der Waals surface area (Å²) in [7, 11) is 0. The predicted octanol–water partition coefficient (Wildman–Crippen LogP) is 1.30. The summed E-state index contributed by atoms with van der Waals surface area (Å²) < 4.78 is 0. The Kier molecular flexibility index (Phi) is 5.22. The molecule has 2 fully saturated rings. The fourth-order valence-corrected chi connectivity index (χ4v) is 3.16. The smallest absolute Gasteiger partial charge is 0.239 e. The van der Waals surface area contributed by atoms with Gasteiger partial charge in [0.25, 0.3) is 0 Å². The summed E-state index contributed by atoms with van der Waals surface area (Å²) in [5, 5.41) is 0. The number of hydrogen-bond acceptors (Lipinski definition) is 3. The molecule has 2 N–H and O–H groups in total. The van der Waals surface area contributed by atoms with Gasteiger partial charge in [-0.3, -0.25) is 4.79 Å². The number of rotatable bonds is 4. The number of likely N-dealkylation sites (tertiary alicyclic amines) is 2. The number of hydrogen-bond donors (Lipinski definition) is 1. The van der Waals surface area contributed by atoms with E-state index in [1.165, 1.54) is 32.5 Å². The van der Waals surface area contributed by atoms with Crippen LogP contribution in [0.5, 0.6) is 0 Å². The van der Waals surface area contributed by atoms with Gasteiger partial charge in [0.1, 0.15) is 0 Å². The van der Waals surface area contributed by atoms with E-state index in [0.29, 0.717) is 0 Å². The molecule has 0 spiro atoms. The Balaban J connectivity index is 1.74. The standard InChI is InChI=1S/C15H29N3O/c1-12(2)14(16)15(19)18-9-5-13(6-10-18)11-17-7-3-4-8-17/h12-14H,3-11,16H2,1-2H3/t14-/m1/s1. The van der Waals surface area contributed by atoms with Gasteiger partial charge < -0.3 is 15.5 Å². The van der Waals surface area contributed by atoms with Gasteiger partial charge in [0.05, 0.1) is 6.04 Å². The second-order valence-corrected chi connectivity index (χ2v) is 6.55. The molecule has 2 aliphatic heterocycles. The second-order valence-electron chi connectivity index (χ2n) is 6.55. The van der Waals surface area contributed by atoms with Crippen molar-refractivity contribution in [2.75, 3.05) is 32.7 Å². The number of amides is 1. The first kappa shape index (κ1) is 14.8. The van der Waals surface area contributed by atoms with Crippen LogP contribution in [0.1, 0.15) is 39.5 Å². The SMILES string of the molecule is CC(C)[C@@H](N)C(=O)N1CCC(CN2CCCC2)CC1. The topological polar surface area (TPSA) is 49.6 Å². The summed E-state index contributed by atoms with van der Waals surface area (Å²) >= 11 is 0. The van der Waals surface area contributed by atoms with E-state index >= 15 is 0 Å². The molecule has 19 heavy (non-hydrogen) atoms. The van der Waals surface area contributed by atoms with Crippen molar-refractivity contribution in [2.24, 2.45) is 17.6 Å². The molecule has 0 bridgehead atoms. The van der Waals surface area contributed by atoms with Gasteiger partial charge in [-0.15, -0.1) is 0 Å². The molecule has 2 rings (SSSR count). The molecule has 0 saturated carbocycles. The summed E-state index contributed by atoms with van der Waals surface area (Å²) in [4.78, 5) is 16.7. The zero-order valence-corrected chi connectivity index (χ0v) is 12.5. The average Bonchev–Trinajstić information content (AvgIpc) is 2.90. The molecule has 0 aromatic rings. The molecule has 4 nitrogen and oxygen atoms in total. The summed E-state index contributed by atoms with van der Waals surface area (Å²) in [5.41, 5.74) is 5.96. The van der Waals surface area contributed by atoms with E-state index in [1.54, 1.807) is 0 Å². The van der Waals surface area contributed by atoms with Crippen LogP contribution in [0.2, 0.25) is 0 Å². The Labute approximate surface area is 117 Å². The monoisotopic (exact) mass is 267 g/mol. The Hall–Kier alpha value is -0.610. The molecule has 0 unspecified atom stereocenters. The van der Waals surface area contributed by atoms with E-state index in [1.807, 2.05) is 18.7 Å². The minimum absolute atomic E-state index is 0.148. The van der Waals surface area contributed by atoms with Crippen molar-refractivity contribution in [3.63, 3.8) is 0 Å². The third kappa shape index (κ3) is 3.93. The largest absolute Gasteiger partial charge is 0.341 e. The minimum atomic E-state index is -0.324. The molecule has 1 amide bonds. The summed E-state index contributed by atoms with van der Waals surface area (Å²) in [6.45, 7) is 9.62. The van der Waals surface area contributed by atoms with Crippen LogP contribution in [-0.2, 0) is 4.79 Å². The highest BCUT2D eigenvalue weighted by Gasteiger charge is 2.28. The first-order chi connectivity index (χ1) is 9.08. The third-order valence-electron chi connectivity index (χ3n) is 4.64. The molecule has 2 aliphatic rings. The molecular weight excluding hydrogens is 238 g/mol. The van der Waals surface area contributed by atoms with Gasteiger partial charge in [0.15, 0.2) is 0 Å². The van der Waals surface area contributed by atoms with Crippen molar-refractivity contribution in [1.29, 1.82) is 0 Å². The maximum atomic E-state index is 12.2. The fourth-order valence-electron chi connectivity index (χ4n) is 3.16. The lowest BCUT2D eigenvalue weighted by molar-refractivity contribution is -0.135. The van der Waals surface area contributed by atoms with Crippen LogP contribution in [0, 0.1) is 11.8 Å². The maximum Gasteiger partial charge on any atom is 0.239 e. The first-order valence-electron chi connectivity index (χ1n) is 7.84. The van der Waals surface area contributed by atoms with Crippen LogP contribution in [0.4, 0.5) is 0 Å². The van der Waals surface area contributed by atoms with Crippen LogP contribution in [-0.4, -0.2) is 54.5 Å². The lowest BCUT2D eigenvalue weighted by Crippen LogP contribution is -2.50. The van der Waals surface area contributed by atoms with Crippen LogP contribution in [0.25, 0.3) is 0 Å². The van der Waals surface area contributed by atoms with Gasteiger partial charge in [-0.1, -0.05) is 13.8 Å². The Morgan fingerprint density at radius 2 is 1.74 bits per heavy atom. The van der Waals surface area contributed by atoms with Crippen LogP contribution < -0.4 is 5.73 Å². The van der Waals surface area contributed by atoms with Crippen LogP contribution in [0.15, 0.2) is 0 Å². The molecule has 0 radical (unpaired) electrons. The normalized spacial score (nSPS) is 24.1. The minimum Gasteiger partial charge on any atom is -0.341 e. The molecule has 110 valence electrons. The molecule has 2 saturated heterocycles. The second kappa shape index (κ2) is 6.71. The fraction of sp³-hybridized carbons (Fsp3) is 0.933. The predicted molar refractivity (Wildman–Crippen MR) is 77.8 cm³/mol. The number of nitrogens with zero attached hydrogens (tertiary/aromatic N) is 2. The lowest BCUT2D eigenvalue weighted by atomic mass is 9.95. The zero-order valence-electron chi connectivity index (χ0n) is 12.5. The highest BCUT2D eigenvalue weighted by atomic mass is 16.2. The number of carbonyl (C=O) groups is 1. The van der Waals surface area contributed by atoms with Crippen LogP contribution >= 0.6 is 0 Å². The quantitative estimate of drug-likeness (QED) is 0.835. The molecule has 1 atom stereocenters. The molecule has 2 heterocycles. The molecular formula is C15H29N3O. The first-order valence-corrected chi connectivity index (χ1v) is 7.84. The Morgan fingerprint density at radius 3 is 2.26 bits per heavy atom. The van der Waals surface area contributed by atoms with Gasteiger partial charge in [0, 0.05) is 19.6 Å². The van der Waals surface area contributed by atoms with E-state index < -0.39 is 0 Å². The summed E-state index contributed by atoms with van der Waals surface area (Å²) in [6, 6.07) is -0.324. The van der Waals surface area contributed by atoms with Crippen molar-refractivity contribution < 1.29 is 4.79 Å². The lowest BCUT2D eigenvalue weighted by Gasteiger charge is -2.35. The van der Waals surface area contributed by atoms with Crippen molar-refractivity contribution in [1.82, 2.24) is 9.80 Å². The van der Waals surface area contributed by atoms with Gasteiger partial charge in [-0.2, -0.15) is 0 Å². The highest BCUT2D eigenvalue weighted by Crippen LogP contribution is 2.21. The maximum absolute atomic E-state index is 12.2. The van der Waals surface area contributed by atoms with Crippen molar-refractivity contribution in [3.05, 3.63) is 0 Å². The van der Waals surface area contributed by atoms with E-state index in [0.717, 1.165) is 31.8 Å². The van der Waals surface area contributed by atoms with Crippen molar-refractivity contribution in [3.8, 4) is 0 Å². The van der Waals surface area contributed by atoms with Gasteiger partial charge in [0.2, 0.25) is 5.91 Å². The molecule has 0 aliphatic carbocycles. The van der Waals surface area contributed by atoms with E-state index in [2.05, 4.69) is 4.90 Å².